The quantitative estimate of drug-likeness (QED) is 0.380. The van der Waals surface area contributed by atoms with E-state index in [1.807, 2.05) is 18.2 Å². The molecule has 35 heavy (non-hydrogen) atoms. The van der Waals surface area contributed by atoms with Gasteiger partial charge in [0.25, 0.3) is 0 Å². The maximum Gasteiger partial charge on any atom is 0.203 e. The first kappa shape index (κ1) is 27.3. The van der Waals surface area contributed by atoms with Crippen LogP contribution in [0.3, 0.4) is 0 Å². The fourth-order valence-electron chi connectivity index (χ4n) is 4.79. The smallest absolute Gasteiger partial charge is 0.203 e. The molecule has 0 aliphatic heterocycles. The van der Waals surface area contributed by atoms with Gasteiger partial charge < -0.3 is 5.73 Å². The van der Waals surface area contributed by atoms with E-state index < -0.39 is 0 Å². The molecule has 0 saturated carbocycles. The van der Waals surface area contributed by atoms with E-state index in [4.69, 9.17) is 34.3 Å². The van der Waals surface area contributed by atoms with E-state index >= 15 is 0 Å². The van der Waals surface area contributed by atoms with Crippen molar-refractivity contribution in [3.8, 4) is 0 Å². The van der Waals surface area contributed by atoms with Gasteiger partial charge in [0.05, 0.1) is 0 Å². The van der Waals surface area contributed by atoms with Gasteiger partial charge in [-0.15, -0.1) is 0 Å². The number of anilines is 1. The van der Waals surface area contributed by atoms with E-state index in [-0.39, 0.29) is 23.7 Å². The highest BCUT2D eigenvalue weighted by Gasteiger charge is 2.28. The highest BCUT2D eigenvalue weighted by Crippen LogP contribution is 2.43. The summed E-state index contributed by atoms with van der Waals surface area (Å²) in [7, 11) is 0. The molecule has 2 aromatic rings. The van der Waals surface area contributed by atoms with Gasteiger partial charge >= 0.3 is 0 Å². The number of hydrogen-bond donors (Lipinski definition) is 2. The number of rotatable bonds is 6. The lowest BCUT2D eigenvalue weighted by atomic mass is 9.79. The normalized spacial score (nSPS) is 14.3. The van der Waals surface area contributed by atoms with Crippen LogP contribution in [0.25, 0.3) is 5.57 Å². The lowest BCUT2D eigenvalue weighted by Crippen LogP contribution is -2.45. The first-order valence-electron chi connectivity index (χ1n) is 12.5. The van der Waals surface area contributed by atoms with Crippen molar-refractivity contribution in [3.63, 3.8) is 0 Å². The Morgan fingerprint density at radius 3 is 1.54 bits per heavy atom. The molecule has 0 bridgehead atoms. The van der Waals surface area contributed by atoms with Crippen LogP contribution < -0.4 is 11.1 Å². The monoisotopic (exact) mass is 509 g/mol. The Hall–Kier alpha value is -2.29. The minimum atomic E-state index is 0.277. The summed E-state index contributed by atoms with van der Waals surface area (Å²) < 4.78 is 0. The van der Waals surface area contributed by atoms with Crippen LogP contribution in [-0.4, -0.2) is 5.71 Å². The van der Waals surface area contributed by atoms with Crippen molar-refractivity contribution in [2.75, 3.05) is 5.73 Å². The maximum absolute atomic E-state index is 6.84. The topological polar surface area (TPSA) is 51.6 Å². The first-order valence-corrected chi connectivity index (χ1v) is 13.3. The Morgan fingerprint density at radius 2 is 1.17 bits per heavy atom. The lowest BCUT2D eigenvalue weighted by molar-refractivity contribution is -0.113. The molecule has 0 spiro atoms. The van der Waals surface area contributed by atoms with Crippen LogP contribution in [0, 0.1) is 11.8 Å². The highest BCUT2D eigenvalue weighted by molar-refractivity contribution is 6.38. The third-order valence-corrected chi connectivity index (χ3v) is 7.40. The molecule has 0 radical (unpaired) electrons. The predicted molar refractivity (Wildman–Crippen MR) is 154 cm³/mol. The van der Waals surface area contributed by atoms with Crippen LogP contribution in [0.2, 0.25) is 10.0 Å². The second-order valence-electron chi connectivity index (χ2n) is 10.7. The Morgan fingerprint density at radius 1 is 0.743 bits per heavy atom. The lowest BCUT2D eigenvalue weighted by Gasteiger charge is -2.25. The summed E-state index contributed by atoms with van der Waals surface area (Å²) in [5, 5.41) is 7.90. The molecule has 4 N–H and O–H groups in total. The van der Waals surface area contributed by atoms with Crippen LogP contribution >= 0.6 is 23.2 Å². The summed E-state index contributed by atoms with van der Waals surface area (Å²) in [6, 6.07) is 10.1. The molecule has 2 aromatic carbocycles. The van der Waals surface area contributed by atoms with Crippen molar-refractivity contribution in [1.82, 2.24) is 0 Å². The predicted octanol–water partition coefficient (Wildman–Crippen LogP) is 8.00. The van der Waals surface area contributed by atoms with E-state index in [2.05, 4.69) is 79.7 Å². The van der Waals surface area contributed by atoms with E-state index in [0.717, 1.165) is 55.9 Å². The number of allylic oxidation sites excluding steroid dienone is 5. The van der Waals surface area contributed by atoms with E-state index in [1.54, 1.807) is 0 Å². The van der Waals surface area contributed by atoms with E-state index in [0.29, 0.717) is 10.0 Å². The second-order valence-corrected chi connectivity index (χ2v) is 11.5. The average Bonchev–Trinajstić information content (AvgIpc) is 2.76. The molecular weight excluding hydrogens is 471 g/mol. The molecule has 0 unspecified atom stereocenters. The van der Waals surface area contributed by atoms with Gasteiger partial charge in [-0.3, -0.25) is 5.41 Å². The van der Waals surface area contributed by atoms with Crippen molar-refractivity contribution in [1.29, 1.82) is 0 Å². The van der Waals surface area contributed by atoms with Gasteiger partial charge in [-0.2, -0.15) is 0 Å². The molecule has 186 valence electrons. The van der Waals surface area contributed by atoms with Crippen molar-refractivity contribution in [2.45, 2.75) is 67.2 Å². The van der Waals surface area contributed by atoms with Gasteiger partial charge in [-0.1, -0.05) is 84.7 Å². The van der Waals surface area contributed by atoms with Gasteiger partial charge in [-0.05, 0) is 87.9 Å². The van der Waals surface area contributed by atoms with Gasteiger partial charge in [0.1, 0.15) is 0 Å². The van der Waals surface area contributed by atoms with Crippen molar-refractivity contribution in [2.24, 2.45) is 11.8 Å². The standard InChI is InChI=1S/C31H38Cl2N2/c1-16(2)22-12-20(13-23(17(3)4)30(22)34)28(29-26(32)10-9-11-27(29)33)21-14-24(18(5)6)31(35)25(15-21)19(7)8/h9-19,34H,35H2,1-8H3/p+1. The van der Waals surface area contributed by atoms with Crippen molar-refractivity contribution < 1.29 is 5.41 Å². The number of halogens is 2. The molecule has 2 nitrogen and oxygen atoms in total. The number of benzene rings is 2. The average molecular weight is 511 g/mol. The molecule has 0 saturated heterocycles. The molecular formula is C31H39Cl2N2+. The summed E-state index contributed by atoms with van der Waals surface area (Å²) >= 11 is 13.7. The summed E-state index contributed by atoms with van der Waals surface area (Å²) in [6.07, 6.45) is 4.42. The van der Waals surface area contributed by atoms with Crippen LogP contribution in [0.5, 0.6) is 0 Å². The zero-order valence-corrected chi connectivity index (χ0v) is 23.8. The molecule has 3 rings (SSSR count). The first-order chi connectivity index (χ1) is 16.3. The number of nitrogen functional groups attached to an aromatic ring is 1. The molecule has 0 heterocycles. The summed E-state index contributed by atoms with van der Waals surface area (Å²) in [4.78, 5) is 0. The fourth-order valence-corrected chi connectivity index (χ4v) is 5.38. The van der Waals surface area contributed by atoms with Crippen LogP contribution in [0.4, 0.5) is 5.69 Å². The highest BCUT2D eigenvalue weighted by atomic mass is 35.5. The minimum Gasteiger partial charge on any atom is -0.398 e. The van der Waals surface area contributed by atoms with Crippen LogP contribution in [0.15, 0.2) is 59.2 Å². The molecule has 0 aromatic heterocycles. The van der Waals surface area contributed by atoms with Crippen LogP contribution in [0.1, 0.15) is 89.5 Å². The molecule has 1 aliphatic rings. The molecule has 4 heteroatoms. The van der Waals surface area contributed by atoms with E-state index in [9.17, 15) is 0 Å². The van der Waals surface area contributed by atoms with Gasteiger partial charge in [-0.25, -0.2) is 0 Å². The van der Waals surface area contributed by atoms with Crippen molar-refractivity contribution >= 4 is 40.2 Å². The summed E-state index contributed by atoms with van der Waals surface area (Å²) in [5.74, 6) is 1.11. The minimum absolute atomic E-state index is 0.277. The van der Waals surface area contributed by atoms with E-state index in [1.165, 1.54) is 0 Å². The number of nitrogens with two attached hydrogens (primary N) is 2. The Kier molecular flexibility index (Phi) is 8.40. The molecule has 0 atom stereocenters. The summed E-state index contributed by atoms with van der Waals surface area (Å²) in [5.41, 5.74) is 16.9. The third-order valence-electron chi connectivity index (χ3n) is 6.77. The third kappa shape index (κ3) is 5.44. The fraction of sp³-hybridized carbons (Fsp3) is 0.387. The molecule has 0 amide bonds. The zero-order chi connectivity index (χ0) is 26.2. The Bertz CT molecular complexity index is 1160. The maximum atomic E-state index is 6.84. The molecule has 1 aliphatic carbocycles. The summed E-state index contributed by atoms with van der Waals surface area (Å²) in [6.45, 7) is 17.4. The number of hydrogen-bond acceptors (Lipinski definition) is 1. The SMILES string of the molecule is CC(C)C1=CC(=C(c2cc(C(C)C)c(N)c(C(C)C)c2)c2c(Cl)cccc2Cl)C=C(C(C)C)C1=[NH2+]. The van der Waals surface area contributed by atoms with Gasteiger partial charge in [0.15, 0.2) is 0 Å². The Labute approximate surface area is 221 Å². The molecule has 0 fully saturated rings. The van der Waals surface area contributed by atoms with Crippen molar-refractivity contribution in [3.05, 3.63) is 91.5 Å². The zero-order valence-electron chi connectivity index (χ0n) is 22.3. The Balaban J connectivity index is 2.55. The van der Waals surface area contributed by atoms with Crippen LogP contribution in [-0.2, 0) is 0 Å². The van der Waals surface area contributed by atoms with Gasteiger partial charge in [0, 0.05) is 32.4 Å². The second kappa shape index (κ2) is 10.8. The van der Waals surface area contributed by atoms with Gasteiger partial charge in [0.2, 0.25) is 5.71 Å². The largest absolute Gasteiger partial charge is 0.398 e.